The fraction of sp³-hybridized carbons (Fsp3) is 0.447. The summed E-state index contributed by atoms with van der Waals surface area (Å²) in [6, 6.07) is 19.0. The van der Waals surface area contributed by atoms with Crippen LogP contribution in [0.1, 0.15) is 79.0 Å². The summed E-state index contributed by atoms with van der Waals surface area (Å²) < 4.78 is 18.3. The molecule has 2 aliphatic heterocycles. The number of pyridine rings is 1. The maximum Gasteiger partial charge on any atom is 0.410 e. The highest BCUT2D eigenvalue weighted by Crippen LogP contribution is 2.37. The van der Waals surface area contributed by atoms with Crippen LogP contribution in [0.5, 0.6) is 11.5 Å². The number of rotatable bonds is 15. The number of aryl methyl sites for hydroxylation is 1. The Balaban J connectivity index is 1.19. The second-order valence-electron chi connectivity index (χ2n) is 16.8. The summed E-state index contributed by atoms with van der Waals surface area (Å²) in [5.74, 6) is -0.229. The fourth-order valence-corrected chi connectivity index (χ4v) is 8.13. The molecule has 3 heterocycles. The van der Waals surface area contributed by atoms with Gasteiger partial charge in [-0.2, -0.15) is 5.26 Å². The summed E-state index contributed by atoms with van der Waals surface area (Å²) in [4.78, 5) is 35.1. The number of nitriles is 1. The molecule has 0 spiro atoms. The molecule has 0 bridgehead atoms. The van der Waals surface area contributed by atoms with Gasteiger partial charge >= 0.3 is 12.1 Å². The molecule has 60 heavy (non-hydrogen) atoms. The third-order valence-electron chi connectivity index (χ3n) is 11.2. The molecule has 2 aliphatic rings. The lowest BCUT2D eigenvalue weighted by atomic mass is 9.90. The van der Waals surface area contributed by atoms with Gasteiger partial charge in [0.25, 0.3) is 0 Å². The van der Waals surface area contributed by atoms with E-state index in [9.17, 15) is 25.1 Å². The summed E-state index contributed by atoms with van der Waals surface area (Å²) in [5, 5.41) is 29.9. The Hall–Kier alpha value is -5.19. The molecule has 0 radical (unpaired) electrons. The number of unbranched alkanes of at least 4 members (excludes halogenated alkanes) is 1. The van der Waals surface area contributed by atoms with E-state index in [4.69, 9.17) is 25.8 Å². The van der Waals surface area contributed by atoms with Gasteiger partial charge in [-0.25, -0.2) is 4.79 Å². The minimum atomic E-state index is -1.06. The molecule has 1 amide bonds. The lowest BCUT2D eigenvalue weighted by Gasteiger charge is -2.39. The third kappa shape index (κ3) is 11.5. The van der Waals surface area contributed by atoms with Crippen LogP contribution in [-0.2, 0) is 35.7 Å². The van der Waals surface area contributed by atoms with Crippen molar-refractivity contribution in [3.05, 3.63) is 111 Å². The molecule has 2 atom stereocenters. The standard InChI is InChI=1S/C47H56ClN5O7/c1-31-35(10-6-7-16-51-17-15-38(54)27-51)11-8-13-39(31)40-14-9-12-36(32(40)2)30-59-44-22-43(58-29-34-20-33(23-49)24-50-25-34)37(21-41(44)48)26-52-18-19-53(28-42(52)45(55)56)46(57)60-47(3,4)5/h8-9,11-14,20-22,24-25,38,42,54H,6-7,10,15-19,26-30H2,1-5H3,(H,55,56)/t38-,42+/m1/s1. The van der Waals surface area contributed by atoms with E-state index in [0.29, 0.717) is 33.2 Å². The van der Waals surface area contributed by atoms with Gasteiger partial charge < -0.3 is 34.2 Å². The number of β-amino-alcohol motifs (C(OH)–C–C–N with tert-alkyl or cyclic N) is 1. The lowest BCUT2D eigenvalue weighted by Crippen LogP contribution is -2.57. The number of aliphatic hydroxyl groups excluding tert-OH is 1. The van der Waals surface area contributed by atoms with Gasteiger partial charge in [-0.1, -0.05) is 48.0 Å². The van der Waals surface area contributed by atoms with Crippen LogP contribution in [0.25, 0.3) is 11.1 Å². The number of aliphatic hydroxyl groups is 1. The van der Waals surface area contributed by atoms with Crippen LogP contribution in [0.2, 0.25) is 5.02 Å². The molecule has 0 aliphatic carbocycles. The molecule has 2 fully saturated rings. The molecule has 6 rings (SSSR count). The highest BCUT2D eigenvalue weighted by Gasteiger charge is 2.36. The lowest BCUT2D eigenvalue weighted by molar-refractivity contribution is -0.145. The summed E-state index contributed by atoms with van der Waals surface area (Å²) in [6.07, 6.45) is 6.41. The van der Waals surface area contributed by atoms with Crippen LogP contribution in [0.4, 0.5) is 4.79 Å². The molecule has 3 aromatic carbocycles. The van der Waals surface area contributed by atoms with E-state index in [-0.39, 0.29) is 45.5 Å². The molecule has 1 aromatic heterocycles. The van der Waals surface area contributed by atoms with Gasteiger partial charge in [0.1, 0.15) is 42.4 Å². The zero-order valence-electron chi connectivity index (χ0n) is 35.2. The maximum atomic E-state index is 12.8. The van der Waals surface area contributed by atoms with Crippen LogP contribution in [0.15, 0.2) is 67.0 Å². The zero-order chi connectivity index (χ0) is 43.0. The number of benzene rings is 3. The number of piperazine rings is 1. The van der Waals surface area contributed by atoms with E-state index in [1.54, 1.807) is 50.1 Å². The van der Waals surface area contributed by atoms with E-state index >= 15 is 0 Å². The summed E-state index contributed by atoms with van der Waals surface area (Å²) in [7, 11) is 0. The van der Waals surface area contributed by atoms with E-state index in [0.717, 1.165) is 62.0 Å². The number of nitrogens with zero attached hydrogens (tertiary/aromatic N) is 5. The Labute approximate surface area is 358 Å². The topological polar surface area (TPSA) is 149 Å². The number of carbonyl (C=O) groups excluding carboxylic acids is 1. The van der Waals surface area contributed by atoms with Gasteiger partial charge in [0.05, 0.1) is 23.2 Å². The summed E-state index contributed by atoms with van der Waals surface area (Å²) in [5.41, 5.74) is 8.04. The van der Waals surface area contributed by atoms with Crippen LogP contribution in [0.3, 0.4) is 0 Å². The average molecular weight is 838 g/mol. The molecule has 318 valence electrons. The first kappa shape index (κ1) is 44.4. The van der Waals surface area contributed by atoms with Crippen molar-refractivity contribution in [2.45, 2.75) is 97.8 Å². The van der Waals surface area contributed by atoms with Crippen LogP contribution >= 0.6 is 11.6 Å². The Morgan fingerprint density at radius 3 is 2.30 bits per heavy atom. The molecule has 0 saturated carbocycles. The van der Waals surface area contributed by atoms with Crippen LogP contribution in [-0.4, -0.2) is 99.0 Å². The number of ether oxygens (including phenoxy) is 3. The molecule has 2 saturated heterocycles. The molecule has 13 heteroatoms. The quantitative estimate of drug-likeness (QED) is 0.112. The minimum Gasteiger partial charge on any atom is -0.488 e. The van der Waals surface area contributed by atoms with Crippen molar-refractivity contribution in [3.63, 3.8) is 0 Å². The zero-order valence-corrected chi connectivity index (χ0v) is 36.0. The van der Waals surface area contributed by atoms with Crippen molar-refractivity contribution in [1.29, 1.82) is 5.26 Å². The van der Waals surface area contributed by atoms with Crippen molar-refractivity contribution >= 4 is 23.7 Å². The summed E-state index contributed by atoms with van der Waals surface area (Å²) >= 11 is 6.92. The van der Waals surface area contributed by atoms with E-state index in [1.807, 2.05) is 12.1 Å². The maximum absolute atomic E-state index is 12.8. The number of hydrogen-bond acceptors (Lipinski definition) is 10. The average Bonchev–Trinajstić information content (AvgIpc) is 3.63. The normalized spacial score (nSPS) is 17.3. The number of halogens is 1. The number of likely N-dealkylation sites (tertiary alicyclic amines) is 1. The first-order valence-corrected chi connectivity index (χ1v) is 21.0. The predicted octanol–water partition coefficient (Wildman–Crippen LogP) is 7.94. The van der Waals surface area contributed by atoms with Crippen molar-refractivity contribution < 1.29 is 34.0 Å². The van der Waals surface area contributed by atoms with Crippen molar-refractivity contribution in [2.75, 3.05) is 39.3 Å². The Morgan fingerprint density at radius 2 is 1.62 bits per heavy atom. The number of hydrogen-bond donors (Lipinski definition) is 2. The largest absolute Gasteiger partial charge is 0.488 e. The molecular weight excluding hydrogens is 782 g/mol. The molecule has 4 aromatic rings. The molecule has 0 unspecified atom stereocenters. The van der Waals surface area contributed by atoms with Gasteiger partial charge in [-0.05, 0) is 112 Å². The third-order valence-corrected chi connectivity index (χ3v) is 11.5. The van der Waals surface area contributed by atoms with E-state index < -0.39 is 23.7 Å². The number of amides is 1. The number of carboxylic acids is 1. The number of aromatic nitrogens is 1. The Bertz CT molecular complexity index is 2200. The van der Waals surface area contributed by atoms with Crippen LogP contribution < -0.4 is 9.47 Å². The highest BCUT2D eigenvalue weighted by molar-refractivity contribution is 6.32. The van der Waals surface area contributed by atoms with Gasteiger partial charge in [0, 0.05) is 62.3 Å². The second kappa shape index (κ2) is 19.9. The second-order valence-corrected chi connectivity index (χ2v) is 17.2. The first-order valence-electron chi connectivity index (χ1n) is 20.6. The number of carbonyl (C=O) groups is 2. The SMILES string of the molecule is Cc1c(CCCCN2CC[C@@H](O)C2)cccc1-c1cccc(COc2cc(OCc3cncc(C#N)c3)c(CN3CCN(C(=O)OC(C)(C)C)C[C@H]3C(=O)O)cc2Cl)c1C. The minimum absolute atomic E-state index is 0.0461. The van der Waals surface area contributed by atoms with Gasteiger partial charge in [0.2, 0.25) is 0 Å². The Morgan fingerprint density at radius 1 is 0.900 bits per heavy atom. The van der Waals surface area contributed by atoms with E-state index in [1.165, 1.54) is 27.8 Å². The fourth-order valence-electron chi connectivity index (χ4n) is 7.89. The van der Waals surface area contributed by atoms with Crippen molar-refractivity contribution in [3.8, 4) is 28.7 Å². The Kier molecular flexibility index (Phi) is 14.7. The molecule has 12 nitrogen and oxygen atoms in total. The smallest absolute Gasteiger partial charge is 0.410 e. The highest BCUT2D eigenvalue weighted by atomic mass is 35.5. The number of carboxylic acid groups (broad SMARTS) is 1. The monoisotopic (exact) mass is 837 g/mol. The van der Waals surface area contributed by atoms with Crippen molar-refractivity contribution in [2.24, 2.45) is 0 Å². The van der Waals surface area contributed by atoms with Crippen molar-refractivity contribution in [1.82, 2.24) is 19.7 Å². The van der Waals surface area contributed by atoms with Gasteiger partial charge in [-0.3, -0.25) is 14.7 Å². The molecular formula is C47H56ClN5O7. The summed E-state index contributed by atoms with van der Waals surface area (Å²) in [6.45, 7) is 13.4. The number of aliphatic carboxylic acids is 1. The van der Waals surface area contributed by atoms with Gasteiger partial charge in [0.15, 0.2) is 0 Å². The molecule has 2 N–H and O–H groups in total. The van der Waals surface area contributed by atoms with E-state index in [2.05, 4.69) is 54.1 Å². The first-order chi connectivity index (χ1) is 28.7. The van der Waals surface area contributed by atoms with Gasteiger partial charge in [-0.15, -0.1) is 0 Å². The predicted molar refractivity (Wildman–Crippen MR) is 230 cm³/mol. The van der Waals surface area contributed by atoms with Crippen LogP contribution in [0, 0.1) is 25.2 Å².